The first kappa shape index (κ1) is 29.0. The van der Waals surface area contributed by atoms with Gasteiger partial charge in [0.1, 0.15) is 17.5 Å². The van der Waals surface area contributed by atoms with Crippen molar-refractivity contribution in [1.29, 1.82) is 5.26 Å². The topological polar surface area (TPSA) is 94.4 Å². The number of pyridine rings is 2. The number of carbonyl (C=O) groups is 1. The van der Waals surface area contributed by atoms with Gasteiger partial charge in [0.15, 0.2) is 0 Å². The number of nitriles is 1. The molecule has 0 aliphatic carbocycles. The molecule has 1 unspecified atom stereocenters. The van der Waals surface area contributed by atoms with E-state index in [2.05, 4.69) is 57.1 Å². The molecule has 3 aromatic rings. The molecule has 0 radical (unpaired) electrons. The average molecular weight is 541 g/mol. The van der Waals surface area contributed by atoms with Crippen LogP contribution in [0.15, 0.2) is 48.8 Å². The smallest absolute Gasteiger partial charge is 0.253 e. The highest BCUT2D eigenvalue weighted by atomic mass is 16.5. The molecule has 0 saturated carbocycles. The molecule has 1 amide bonds. The predicted octanol–water partition coefficient (Wildman–Crippen LogP) is 4.96. The van der Waals surface area contributed by atoms with Crippen molar-refractivity contribution in [1.82, 2.24) is 20.2 Å². The van der Waals surface area contributed by atoms with Gasteiger partial charge < -0.3 is 19.9 Å². The standard InChI is InChI=1S/C32H40N6O2/c1-22-10-14-34-20-26(22)21-38(28-6-8-30(40-5)9-7-28)29-12-16-37(17-13-29)24(3)11-15-35-32(39)31-23(2)18-27(19-33)36-25(31)4/h6-10,14,18,20,24,29H,11-13,15-17,21H2,1-5H3,(H,35,39). The predicted molar refractivity (Wildman–Crippen MR) is 158 cm³/mol. The molecular formula is C32H40N6O2. The van der Waals surface area contributed by atoms with Crippen molar-refractivity contribution < 1.29 is 9.53 Å². The van der Waals surface area contributed by atoms with E-state index in [0.29, 0.717) is 35.6 Å². The number of nitrogens with zero attached hydrogens (tertiary/aromatic N) is 5. The first-order valence-corrected chi connectivity index (χ1v) is 14.0. The molecule has 1 saturated heterocycles. The van der Waals surface area contributed by atoms with Crippen molar-refractivity contribution in [3.05, 3.63) is 82.4 Å². The number of aromatic nitrogens is 2. The number of anilines is 1. The third-order valence-corrected chi connectivity index (χ3v) is 8.04. The highest BCUT2D eigenvalue weighted by molar-refractivity contribution is 5.96. The van der Waals surface area contributed by atoms with Crippen LogP contribution in [0.3, 0.4) is 0 Å². The Morgan fingerprint density at radius 2 is 1.90 bits per heavy atom. The molecule has 1 aliphatic heterocycles. The summed E-state index contributed by atoms with van der Waals surface area (Å²) in [5, 5.41) is 12.2. The molecule has 0 bridgehead atoms. The van der Waals surface area contributed by atoms with Gasteiger partial charge in [0.25, 0.3) is 5.91 Å². The Morgan fingerprint density at radius 1 is 1.18 bits per heavy atom. The van der Waals surface area contributed by atoms with Crippen LogP contribution in [0.4, 0.5) is 5.69 Å². The average Bonchev–Trinajstić information content (AvgIpc) is 2.96. The van der Waals surface area contributed by atoms with Gasteiger partial charge in [-0.15, -0.1) is 0 Å². The van der Waals surface area contributed by atoms with Crippen molar-refractivity contribution in [3.8, 4) is 11.8 Å². The number of rotatable bonds is 10. The quantitative estimate of drug-likeness (QED) is 0.388. The molecule has 3 heterocycles. The number of carbonyl (C=O) groups excluding carboxylic acids is 1. The normalized spacial score (nSPS) is 14.8. The Morgan fingerprint density at radius 3 is 2.52 bits per heavy atom. The van der Waals surface area contributed by atoms with E-state index >= 15 is 0 Å². The maximum absolute atomic E-state index is 12.8. The van der Waals surface area contributed by atoms with Crippen LogP contribution in [0.25, 0.3) is 0 Å². The minimum Gasteiger partial charge on any atom is -0.497 e. The summed E-state index contributed by atoms with van der Waals surface area (Å²) in [4.78, 5) is 26.5. The number of hydrogen-bond acceptors (Lipinski definition) is 7. The number of hydrogen-bond donors (Lipinski definition) is 1. The molecule has 1 fully saturated rings. The maximum Gasteiger partial charge on any atom is 0.253 e. The van der Waals surface area contributed by atoms with Crippen LogP contribution in [0, 0.1) is 32.1 Å². The molecule has 8 heteroatoms. The van der Waals surface area contributed by atoms with E-state index in [1.807, 2.05) is 37.5 Å². The second-order valence-electron chi connectivity index (χ2n) is 10.7. The zero-order valence-corrected chi connectivity index (χ0v) is 24.3. The summed E-state index contributed by atoms with van der Waals surface area (Å²) in [5.74, 6) is 0.733. The number of methoxy groups -OCH3 is 1. The molecule has 1 aliphatic rings. The molecule has 1 aromatic carbocycles. The molecule has 1 N–H and O–H groups in total. The van der Waals surface area contributed by atoms with Crippen molar-refractivity contribution in [2.75, 3.05) is 31.6 Å². The molecule has 210 valence electrons. The summed E-state index contributed by atoms with van der Waals surface area (Å²) in [5.41, 5.74) is 5.96. The van der Waals surface area contributed by atoms with Crippen molar-refractivity contribution >= 4 is 11.6 Å². The van der Waals surface area contributed by atoms with Gasteiger partial charge in [-0.25, -0.2) is 4.98 Å². The van der Waals surface area contributed by atoms with E-state index in [1.54, 1.807) is 20.1 Å². The van der Waals surface area contributed by atoms with E-state index in [-0.39, 0.29) is 5.91 Å². The van der Waals surface area contributed by atoms with Crippen LogP contribution < -0.4 is 15.0 Å². The summed E-state index contributed by atoms with van der Waals surface area (Å²) in [6.45, 7) is 11.5. The van der Waals surface area contributed by atoms with Crippen LogP contribution in [0.5, 0.6) is 5.75 Å². The lowest BCUT2D eigenvalue weighted by Crippen LogP contribution is -2.48. The molecule has 0 spiro atoms. The molecular weight excluding hydrogens is 500 g/mol. The number of nitrogens with one attached hydrogen (secondary N) is 1. The Balaban J connectivity index is 1.34. The third kappa shape index (κ3) is 6.97. The van der Waals surface area contributed by atoms with Crippen molar-refractivity contribution in [3.63, 3.8) is 0 Å². The molecule has 8 nitrogen and oxygen atoms in total. The lowest BCUT2D eigenvalue weighted by Gasteiger charge is -2.42. The fourth-order valence-electron chi connectivity index (χ4n) is 5.59. The molecule has 4 rings (SSSR count). The van der Waals surface area contributed by atoms with Gasteiger partial charge in [-0.3, -0.25) is 9.78 Å². The van der Waals surface area contributed by atoms with Crippen LogP contribution in [-0.2, 0) is 6.54 Å². The van der Waals surface area contributed by atoms with Gasteiger partial charge in [0.05, 0.1) is 18.4 Å². The number of ether oxygens (including phenoxy) is 1. The fourth-order valence-corrected chi connectivity index (χ4v) is 5.59. The zero-order chi connectivity index (χ0) is 28.6. The molecule has 2 aromatic heterocycles. The summed E-state index contributed by atoms with van der Waals surface area (Å²) in [6.07, 6.45) is 6.83. The van der Waals surface area contributed by atoms with Crippen molar-refractivity contribution in [2.24, 2.45) is 0 Å². The van der Waals surface area contributed by atoms with Gasteiger partial charge in [0, 0.05) is 56.3 Å². The van der Waals surface area contributed by atoms with E-state index in [1.165, 1.54) is 16.8 Å². The van der Waals surface area contributed by atoms with Crippen LogP contribution in [0.1, 0.15) is 64.6 Å². The van der Waals surface area contributed by atoms with Gasteiger partial charge in [-0.2, -0.15) is 5.26 Å². The number of aryl methyl sites for hydroxylation is 3. The zero-order valence-electron chi connectivity index (χ0n) is 24.3. The Labute approximate surface area is 238 Å². The fraction of sp³-hybridized carbons (Fsp3) is 0.438. The first-order chi connectivity index (χ1) is 19.3. The van der Waals surface area contributed by atoms with Crippen molar-refractivity contribution in [2.45, 2.75) is 65.6 Å². The third-order valence-electron chi connectivity index (χ3n) is 8.04. The minimum atomic E-state index is -0.126. The highest BCUT2D eigenvalue weighted by Crippen LogP contribution is 2.29. The maximum atomic E-state index is 12.8. The monoisotopic (exact) mass is 540 g/mol. The van der Waals surface area contributed by atoms with Gasteiger partial charge >= 0.3 is 0 Å². The number of likely N-dealkylation sites (tertiary alicyclic amines) is 1. The van der Waals surface area contributed by atoms with Gasteiger partial charge in [-0.05, 0) is 100 Å². The van der Waals surface area contributed by atoms with Crippen LogP contribution >= 0.6 is 0 Å². The van der Waals surface area contributed by atoms with Crippen LogP contribution in [0.2, 0.25) is 0 Å². The van der Waals surface area contributed by atoms with E-state index in [9.17, 15) is 4.79 Å². The Kier molecular flexibility index (Phi) is 9.73. The Hall–Kier alpha value is -3.96. The number of benzene rings is 1. The van der Waals surface area contributed by atoms with Gasteiger partial charge in [0.2, 0.25) is 0 Å². The van der Waals surface area contributed by atoms with Gasteiger partial charge in [-0.1, -0.05) is 0 Å². The number of amides is 1. The lowest BCUT2D eigenvalue weighted by molar-refractivity contribution is 0.0943. The second kappa shape index (κ2) is 13.4. The molecule has 40 heavy (non-hydrogen) atoms. The second-order valence-corrected chi connectivity index (χ2v) is 10.7. The van der Waals surface area contributed by atoms with E-state index < -0.39 is 0 Å². The Bertz CT molecular complexity index is 1320. The summed E-state index contributed by atoms with van der Waals surface area (Å²) >= 11 is 0. The SMILES string of the molecule is COc1ccc(N(Cc2cnccc2C)C2CCN(C(C)CCNC(=O)c3c(C)cc(C#N)nc3C)CC2)cc1. The summed E-state index contributed by atoms with van der Waals surface area (Å²) < 4.78 is 5.39. The lowest BCUT2D eigenvalue weighted by atomic mass is 9.99. The number of piperidine rings is 1. The van der Waals surface area contributed by atoms with Crippen LogP contribution in [-0.4, -0.2) is 59.6 Å². The highest BCUT2D eigenvalue weighted by Gasteiger charge is 2.28. The largest absolute Gasteiger partial charge is 0.497 e. The van der Waals surface area contributed by atoms with E-state index in [0.717, 1.165) is 50.2 Å². The minimum absolute atomic E-state index is 0.126. The van der Waals surface area contributed by atoms with E-state index in [4.69, 9.17) is 10.00 Å². The first-order valence-electron chi connectivity index (χ1n) is 14.0. The molecule has 1 atom stereocenters. The summed E-state index contributed by atoms with van der Waals surface area (Å²) in [6, 6.07) is 14.9. The summed E-state index contributed by atoms with van der Waals surface area (Å²) in [7, 11) is 1.69.